The third-order valence-electron chi connectivity index (χ3n) is 4.79. The minimum Gasteiger partial charge on any atom is -0.382 e. The van der Waals surface area contributed by atoms with Crippen LogP contribution in [0.4, 0.5) is 0 Å². The minimum absolute atomic E-state index is 0.583. The van der Waals surface area contributed by atoms with E-state index in [1.54, 1.807) is 0 Å². The Morgan fingerprint density at radius 3 is 2.38 bits per heavy atom. The fraction of sp³-hybridized carbons (Fsp3) is 0.947. The van der Waals surface area contributed by atoms with Crippen LogP contribution in [0.2, 0.25) is 0 Å². The molecule has 0 aromatic carbocycles. The zero-order valence-electron chi connectivity index (χ0n) is 16.4. The van der Waals surface area contributed by atoms with Gasteiger partial charge in [0.25, 0.3) is 0 Å². The monoisotopic (exact) mass is 340 g/mol. The van der Waals surface area contributed by atoms with Gasteiger partial charge in [-0.3, -0.25) is 9.89 Å². The highest BCUT2D eigenvalue weighted by Gasteiger charge is 2.22. The molecule has 1 heterocycles. The molecule has 0 spiro atoms. The molecule has 2 N–H and O–H groups in total. The molecule has 1 aliphatic heterocycles. The molecule has 1 unspecified atom stereocenters. The number of hydrogen-bond acceptors (Lipinski definition) is 3. The highest BCUT2D eigenvalue weighted by molar-refractivity contribution is 5.79. The Kier molecular flexibility index (Phi) is 11.9. The van der Waals surface area contributed by atoms with Gasteiger partial charge in [0, 0.05) is 39.4 Å². The lowest BCUT2D eigenvalue weighted by molar-refractivity contribution is 0.143. The number of unbranched alkanes of at least 4 members (excludes halogenated alkanes) is 1. The summed E-state index contributed by atoms with van der Waals surface area (Å²) in [7, 11) is 1.85. The van der Waals surface area contributed by atoms with Crippen LogP contribution in [0.25, 0.3) is 0 Å². The topological polar surface area (TPSA) is 48.9 Å². The summed E-state index contributed by atoms with van der Waals surface area (Å²) >= 11 is 0. The van der Waals surface area contributed by atoms with Gasteiger partial charge in [0.1, 0.15) is 0 Å². The van der Waals surface area contributed by atoms with Crippen molar-refractivity contribution in [2.75, 3.05) is 46.4 Å². The number of likely N-dealkylation sites (tertiary alicyclic amines) is 1. The van der Waals surface area contributed by atoms with Crippen molar-refractivity contribution in [2.24, 2.45) is 10.9 Å². The van der Waals surface area contributed by atoms with Crippen LogP contribution in [0.15, 0.2) is 4.99 Å². The molecule has 0 saturated carbocycles. The predicted octanol–water partition coefficient (Wildman–Crippen LogP) is 2.87. The minimum atomic E-state index is 0.583. The summed E-state index contributed by atoms with van der Waals surface area (Å²) in [6.45, 7) is 12.8. The van der Waals surface area contributed by atoms with E-state index in [1.165, 1.54) is 38.8 Å². The van der Waals surface area contributed by atoms with Gasteiger partial charge in [-0.1, -0.05) is 26.7 Å². The molecular weight excluding hydrogens is 300 g/mol. The summed E-state index contributed by atoms with van der Waals surface area (Å²) in [5, 5.41) is 6.96. The molecule has 142 valence electrons. The largest absolute Gasteiger partial charge is 0.382 e. The van der Waals surface area contributed by atoms with Crippen molar-refractivity contribution in [3.63, 3.8) is 0 Å². The number of rotatable bonds is 10. The standard InChI is InChI=1S/C19H40N4O/c1-5-24-15-11-8-12-21-19(20-4)22-16-18(17(2)3)23-13-9-6-7-10-14-23/h17-18H,5-16H2,1-4H3,(H2,20,21,22). The van der Waals surface area contributed by atoms with E-state index in [9.17, 15) is 0 Å². The van der Waals surface area contributed by atoms with Gasteiger partial charge >= 0.3 is 0 Å². The SMILES string of the molecule is CCOCCCCNC(=NC)NCC(C(C)C)N1CCCCCC1. The third-order valence-corrected chi connectivity index (χ3v) is 4.79. The maximum absolute atomic E-state index is 5.37. The number of aliphatic imine (C=N–C) groups is 1. The number of hydrogen-bond donors (Lipinski definition) is 2. The van der Waals surface area contributed by atoms with Crippen LogP contribution in [0.5, 0.6) is 0 Å². The normalized spacial score (nSPS) is 18.5. The molecule has 24 heavy (non-hydrogen) atoms. The second-order valence-corrected chi connectivity index (χ2v) is 7.05. The molecule has 0 bridgehead atoms. The molecule has 1 aliphatic rings. The second kappa shape index (κ2) is 13.5. The molecule has 0 aromatic heterocycles. The Morgan fingerprint density at radius 2 is 1.79 bits per heavy atom. The first-order valence-corrected chi connectivity index (χ1v) is 9.95. The van der Waals surface area contributed by atoms with Gasteiger partial charge < -0.3 is 15.4 Å². The number of nitrogens with one attached hydrogen (secondary N) is 2. The van der Waals surface area contributed by atoms with Crippen molar-refractivity contribution >= 4 is 5.96 Å². The zero-order valence-corrected chi connectivity index (χ0v) is 16.4. The Labute approximate surface area is 149 Å². The smallest absolute Gasteiger partial charge is 0.191 e. The number of guanidine groups is 1. The summed E-state index contributed by atoms with van der Waals surface area (Å²) in [5.74, 6) is 1.58. The molecule has 0 radical (unpaired) electrons. The van der Waals surface area contributed by atoms with Crippen LogP contribution in [0, 0.1) is 5.92 Å². The number of ether oxygens (including phenoxy) is 1. The van der Waals surface area contributed by atoms with E-state index in [-0.39, 0.29) is 0 Å². The summed E-state index contributed by atoms with van der Waals surface area (Å²) in [6, 6.07) is 0.583. The van der Waals surface area contributed by atoms with Crippen molar-refractivity contribution < 1.29 is 4.74 Å². The first kappa shape index (κ1) is 21.2. The van der Waals surface area contributed by atoms with Crippen LogP contribution in [-0.4, -0.2) is 63.3 Å². The van der Waals surface area contributed by atoms with E-state index < -0.39 is 0 Å². The molecular formula is C19H40N4O. The molecule has 5 heteroatoms. The van der Waals surface area contributed by atoms with Crippen molar-refractivity contribution in [2.45, 2.75) is 65.3 Å². The Morgan fingerprint density at radius 1 is 1.08 bits per heavy atom. The van der Waals surface area contributed by atoms with Crippen molar-refractivity contribution in [3.8, 4) is 0 Å². The third kappa shape index (κ3) is 8.88. The van der Waals surface area contributed by atoms with E-state index in [2.05, 4.69) is 34.4 Å². The van der Waals surface area contributed by atoms with Gasteiger partial charge in [-0.25, -0.2) is 0 Å². The fourth-order valence-electron chi connectivity index (χ4n) is 3.32. The van der Waals surface area contributed by atoms with Crippen molar-refractivity contribution in [3.05, 3.63) is 0 Å². The van der Waals surface area contributed by atoms with Gasteiger partial charge in [-0.05, 0) is 51.6 Å². The average molecular weight is 341 g/mol. The van der Waals surface area contributed by atoms with Crippen LogP contribution >= 0.6 is 0 Å². The summed E-state index contributed by atoms with van der Waals surface area (Å²) < 4.78 is 5.37. The fourth-order valence-corrected chi connectivity index (χ4v) is 3.32. The highest BCUT2D eigenvalue weighted by Crippen LogP contribution is 2.17. The Bertz CT molecular complexity index is 325. The Hall–Kier alpha value is -0.810. The van der Waals surface area contributed by atoms with Gasteiger partial charge in [0.2, 0.25) is 0 Å². The van der Waals surface area contributed by atoms with Gasteiger partial charge in [0.15, 0.2) is 5.96 Å². The summed E-state index contributed by atoms with van der Waals surface area (Å²) in [5.41, 5.74) is 0. The zero-order chi connectivity index (χ0) is 17.6. The lowest BCUT2D eigenvalue weighted by Crippen LogP contribution is -2.49. The second-order valence-electron chi connectivity index (χ2n) is 7.05. The first-order chi connectivity index (χ1) is 11.7. The molecule has 1 fully saturated rings. The highest BCUT2D eigenvalue weighted by atomic mass is 16.5. The van der Waals surface area contributed by atoms with E-state index in [0.717, 1.165) is 45.1 Å². The average Bonchev–Trinajstić information content (AvgIpc) is 2.85. The van der Waals surface area contributed by atoms with Gasteiger partial charge in [0.05, 0.1) is 0 Å². The van der Waals surface area contributed by atoms with Crippen LogP contribution in [-0.2, 0) is 4.74 Å². The first-order valence-electron chi connectivity index (χ1n) is 9.95. The molecule has 0 amide bonds. The predicted molar refractivity (Wildman–Crippen MR) is 104 cm³/mol. The lowest BCUT2D eigenvalue weighted by Gasteiger charge is -2.34. The van der Waals surface area contributed by atoms with E-state index >= 15 is 0 Å². The quantitative estimate of drug-likeness (QED) is 0.365. The van der Waals surface area contributed by atoms with Crippen LogP contribution < -0.4 is 10.6 Å². The van der Waals surface area contributed by atoms with E-state index in [0.29, 0.717) is 12.0 Å². The van der Waals surface area contributed by atoms with Crippen LogP contribution in [0.1, 0.15) is 59.3 Å². The molecule has 1 atom stereocenters. The maximum Gasteiger partial charge on any atom is 0.191 e. The van der Waals surface area contributed by atoms with Crippen molar-refractivity contribution in [1.82, 2.24) is 15.5 Å². The van der Waals surface area contributed by atoms with Crippen LogP contribution in [0.3, 0.4) is 0 Å². The van der Waals surface area contributed by atoms with Gasteiger partial charge in [-0.15, -0.1) is 0 Å². The Balaban J connectivity index is 2.32. The lowest BCUT2D eigenvalue weighted by atomic mass is 10.0. The molecule has 0 aliphatic carbocycles. The number of nitrogens with zero attached hydrogens (tertiary/aromatic N) is 2. The summed E-state index contributed by atoms with van der Waals surface area (Å²) in [6.07, 6.45) is 7.67. The molecule has 0 aromatic rings. The molecule has 1 rings (SSSR count). The van der Waals surface area contributed by atoms with Gasteiger partial charge in [-0.2, -0.15) is 0 Å². The molecule has 1 saturated heterocycles. The maximum atomic E-state index is 5.37. The summed E-state index contributed by atoms with van der Waals surface area (Å²) in [4.78, 5) is 7.04. The molecule has 5 nitrogen and oxygen atoms in total. The van der Waals surface area contributed by atoms with E-state index in [4.69, 9.17) is 4.74 Å². The van der Waals surface area contributed by atoms with E-state index in [1.807, 2.05) is 14.0 Å². The van der Waals surface area contributed by atoms with Crippen molar-refractivity contribution in [1.29, 1.82) is 0 Å².